The van der Waals surface area contributed by atoms with E-state index in [4.69, 9.17) is 5.73 Å². The monoisotopic (exact) mass is 330 g/mol. The molecular weight excluding hydrogens is 304 g/mol. The van der Waals surface area contributed by atoms with Gasteiger partial charge in [0.25, 0.3) is 0 Å². The van der Waals surface area contributed by atoms with Crippen LogP contribution in [0.3, 0.4) is 0 Å². The Hall–Kier alpha value is -2.08. The lowest BCUT2D eigenvalue weighted by Gasteiger charge is -2.29. The molecule has 0 saturated heterocycles. The molecule has 24 heavy (non-hydrogen) atoms. The van der Waals surface area contributed by atoms with Crippen molar-refractivity contribution in [2.75, 3.05) is 19.6 Å². The number of rotatable bonds is 4. The summed E-state index contributed by atoms with van der Waals surface area (Å²) >= 11 is 0. The van der Waals surface area contributed by atoms with Gasteiger partial charge in [-0.25, -0.2) is 4.79 Å². The lowest BCUT2D eigenvalue weighted by molar-refractivity contribution is -0.121. The van der Waals surface area contributed by atoms with E-state index in [1.807, 2.05) is 12.1 Å². The van der Waals surface area contributed by atoms with Crippen LogP contribution < -0.4 is 16.4 Å². The van der Waals surface area contributed by atoms with E-state index in [2.05, 4.69) is 22.8 Å². The minimum Gasteiger partial charge on any atom is -0.352 e. The fourth-order valence-electron chi connectivity index (χ4n) is 3.70. The van der Waals surface area contributed by atoms with Crippen LogP contribution in [0.25, 0.3) is 0 Å². The average molecular weight is 330 g/mol. The summed E-state index contributed by atoms with van der Waals surface area (Å²) in [5.74, 6) is 0.231. The maximum Gasteiger partial charge on any atom is 0.318 e. The molecule has 2 atom stereocenters. The normalized spacial score (nSPS) is 22.8. The Morgan fingerprint density at radius 2 is 2.00 bits per heavy atom. The molecule has 1 aliphatic heterocycles. The lowest BCUT2D eigenvalue weighted by Crippen LogP contribution is -2.48. The smallest absolute Gasteiger partial charge is 0.318 e. The molecule has 1 aliphatic carbocycles. The van der Waals surface area contributed by atoms with Gasteiger partial charge in [0.1, 0.15) is 0 Å². The van der Waals surface area contributed by atoms with Crippen molar-refractivity contribution in [1.29, 1.82) is 0 Å². The fraction of sp³-hybridized carbons (Fsp3) is 0.556. The summed E-state index contributed by atoms with van der Waals surface area (Å²) in [6.07, 6.45) is 4.01. The topological polar surface area (TPSA) is 87.5 Å². The van der Waals surface area contributed by atoms with Gasteiger partial charge in [-0.15, -0.1) is 0 Å². The second-order valence-electron chi connectivity index (χ2n) is 6.70. The van der Waals surface area contributed by atoms with Gasteiger partial charge < -0.3 is 21.3 Å². The van der Waals surface area contributed by atoms with Gasteiger partial charge >= 0.3 is 6.03 Å². The number of hydrogen-bond acceptors (Lipinski definition) is 3. The van der Waals surface area contributed by atoms with Crippen molar-refractivity contribution in [3.8, 4) is 0 Å². The molecule has 1 heterocycles. The minimum absolute atomic E-state index is 0.0186. The van der Waals surface area contributed by atoms with Gasteiger partial charge in [0.2, 0.25) is 5.91 Å². The number of urea groups is 1. The van der Waals surface area contributed by atoms with Crippen molar-refractivity contribution < 1.29 is 9.59 Å². The number of amides is 3. The Labute approximate surface area is 142 Å². The lowest BCUT2D eigenvalue weighted by atomic mass is 10.0. The zero-order valence-electron chi connectivity index (χ0n) is 14.0. The highest BCUT2D eigenvalue weighted by Gasteiger charge is 2.27. The van der Waals surface area contributed by atoms with Crippen LogP contribution in [0.15, 0.2) is 24.3 Å². The van der Waals surface area contributed by atoms with Crippen LogP contribution in [0.5, 0.6) is 0 Å². The second kappa shape index (κ2) is 7.66. The van der Waals surface area contributed by atoms with Crippen LogP contribution in [0.4, 0.5) is 4.79 Å². The van der Waals surface area contributed by atoms with Crippen molar-refractivity contribution in [3.05, 3.63) is 35.4 Å². The van der Waals surface area contributed by atoms with Crippen molar-refractivity contribution in [2.24, 2.45) is 11.7 Å². The Balaban J connectivity index is 1.45. The first-order valence-corrected chi connectivity index (χ1v) is 8.76. The van der Waals surface area contributed by atoms with E-state index in [1.165, 1.54) is 11.1 Å². The van der Waals surface area contributed by atoms with E-state index >= 15 is 0 Å². The zero-order chi connectivity index (χ0) is 16.9. The SMILES string of the molecule is NCC1CCCC1NC(=O)CNC(=O)N1CCc2ccccc2C1. The molecule has 130 valence electrons. The Morgan fingerprint density at radius 1 is 1.21 bits per heavy atom. The predicted octanol–water partition coefficient (Wildman–Crippen LogP) is 0.998. The highest BCUT2D eigenvalue weighted by Crippen LogP contribution is 2.24. The van der Waals surface area contributed by atoms with Crippen LogP contribution in [-0.2, 0) is 17.8 Å². The Bertz CT molecular complexity index is 604. The Morgan fingerprint density at radius 3 is 2.79 bits per heavy atom. The number of nitrogens with two attached hydrogens (primary N) is 1. The predicted molar refractivity (Wildman–Crippen MR) is 92.3 cm³/mol. The molecule has 2 unspecified atom stereocenters. The maximum atomic E-state index is 12.3. The second-order valence-corrected chi connectivity index (χ2v) is 6.70. The van der Waals surface area contributed by atoms with Gasteiger partial charge in [0.05, 0.1) is 6.54 Å². The molecule has 2 aliphatic rings. The molecule has 0 bridgehead atoms. The molecule has 0 aromatic heterocycles. The summed E-state index contributed by atoms with van der Waals surface area (Å²) in [6.45, 7) is 1.90. The summed E-state index contributed by atoms with van der Waals surface area (Å²) in [5, 5.41) is 5.74. The van der Waals surface area contributed by atoms with E-state index in [0.29, 0.717) is 25.6 Å². The number of carbonyl (C=O) groups is 2. The van der Waals surface area contributed by atoms with E-state index < -0.39 is 0 Å². The average Bonchev–Trinajstić information content (AvgIpc) is 3.06. The van der Waals surface area contributed by atoms with E-state index in [-0.39, 0.29) is 24.5 Å². The molecule has 6 nitrogen and oxygen atoms in total. The van der Waals surface area contributed by atoms with Crippen LogP contribution >= 0.6 is 0 Å². The summed E-state index contributed by atoms with van der Waals surface area (Å²) in [4.78, 5) is 26.1. The molecule has 3 rings (SSSR count). The molecular formula is C18H26N4O2. The third-order valence-electron chi connectivity index (χ3n) is 5.13. The number of benzene rings is 1. The van der Waals surface area contributed by atoms with Crippen LogP contribution in [0.2, 0.25) is 0 Å². The van der Waals surface area contributed by atoms with Gasteiger partial charge in [-0.3, -0.25) is 4.79 Å². The first kappa shape index (κ1) is 16.8. The third-order valence-corrected chi connectivity index (χ3v) is 5.13. The fourth-order valence-corrected chi connectivity index (χ4v) is 3.70. The molecule has 1 aromatic carbocycles. The Kier molecular flexibility index (Phi) is 5.35. The van der Waals surface area contributed by atoms with Gasteiger partial charge in [0.15, 0.2) is 0 Å². The van der Waals surface area contributed by atoms with Gasteiger partial charge in [-0.05, 0) is 42.9 Å². The van der Waals surface area contributed by atoms with Crippen LogP contribution in [-0.4, -0.2) is 42.5 Å². The third kappa shape index (κ3) is 3.87. The number of nitrogens with zero attached hydrogens (tertiary/aromatic N) is 1. The largest absolute Gasteiger partial charge is 0.352 e. The molecule has 0 spiro atoms. The molecule has 6 heteroatoms. The summed E-state index contributed by atoms with van der Waals surface area (Å²) in [6, 6.07) is 8.14. The van der Waals surface area contributed by atoms with Crippen molar-refractivity contribution in [1.82, 2.24) is 15.5 Å². The first-order valence-electron chi connectivity index (χ1n) is 8.76. The summed E-state index contributed by atoms with van der Waals surface area (Å²) < 4.78 is 0. The number of fused-ring (bicyclic) bond motifs is 1. The van der Waals surface area contributed by atoms with E-state index in [0.717, 1.165) is 25.7 Å². The quantitative estimate of drug-likeness (QED) is 0.769. The van der Waals surface area contributed by atoms with Gasteiger partial charge in [-0.2, -0.15) is 0 Å². The van der Waals surface area contributed by atoms with E-state index in [9.17, 15) is 9.59 Å². The van der Waals surface area contributed by atoms with Gasteiger partial charge in [0, 0.05) is 19.1 Å². The van der Waals surface area contributed by atoms with E-state index in [1.54, 1.807) is 4.90 Å². The molecule has 1 aromatic rings. The molecule has 1 fully saturated rings. The number of hydrogen-bond donors (Lipinski definition) is 3. The summed E-state index contributed by atoms with van der Waals surface area (Å²) in [7, 11) is 0. The van der Waals surface area contributed by atoms with Gasteiger partial charge in [-0.1, -0.05) is 30.7 Å². The van der Waals surface area contributed by atoms with Crippen molar-refractivity contribution in [3.63, 3.8) is 0 Å². The maximum absolute atomic E-state index is 12.3. The van der Waals surface area contributed by atoms with Crippen molar-refractivity contribution >= 4 is 11.9 Å². The highest BCUT2D eigenvalue weighted by atomic mass is 16.2. The molecule has 3 amide bonds. The first-order chi connectivity index (χ1) is 11.7. The van der Waals surface area contributed by atoms with Crippen molar-refractivity contribution in [2.45, 2.75) is 38.3 Å². The molecule has 4 N–H and O–H groups in total. The summed E-state index contributed by atoms with van der Waals surface area (Å²) in [5.41, 5.74) is 8.21. The number of nitrogens with one attached hydrogen (secondary N) is 2. The highest BCUT2D eigenvalue weighted by molar-refractivity contribution is 5.84. The zero-order valence-corrected chi connectivity index (χ0v) is 14.0. The molecule has 0 radical (unpaired) electrons. The standard InChI is InChI=1S/C18H26N4O2/c19-10-14-6-3-7-16(14)21-17(23)11-20-18(24)22-9-8-13-4-1-2-5-15(13)12-22/h1-2,4-5,14,16H,3,6-12,19H2,(H,20,24)(H,21,23). The van der Waals surface area contributed by atoms with Crippen LogP contribution in [0.1, 0.15) is 30.4 Å². The number of carbonyl (C=O) groups excluding carboxylic acids is 2. The van der Waals surface area contributed by atoms with Crippen LogP contribution in [0, 0.1) is 5.92 Å². The molecule has 1 saturated carbocycles. The minimum atomic E-state index is -0.179.